The molecule has 0 fully saturated rings. The van der Waals surface area contributed by atoms with Gasteiger partial charge in [0.2, 0.25) is 5.95 Å². The van der Waals surface area contributed by atoms with Crippen molar-refractivity contribution < 1.29 is 0 Å². The minimum atomic E-state index is -0.635. The van der Waals surface area contributed by atoms with Crippen LogP contribution in [0, 0.1) is 0 Å². The van der Waals surface area contributed by atoms with Gasteiger partial charge in [-0.1, -0.05) is 23.7 Å². The number of anilines is 2. The number of nitrogens with one attached hydrogen (secondary N) is 2. The molecule has 1 aromatic carbocycles. The summed E-state index contributed by atoms with van der Waals surface area (Å²) in [6, 6.07) is 7.92. The summed E-state index contributed by atoms with van der Waals surface area (Å²) in [5, 5.41) is 7.20. The number of nitrogens with zero attached hydrogens (tertiary/aromatic N) is 4. The van der Waals surface area contributed by atoms with Crippen molar-refractivity contribution in [3.63, 3.8) is 0 Å². The summed E-state index contributed by atoms with van der Waals surface area (Å²) in [7, 11) is 0. The van der Waals surface area contributed by atoms with Gasteiger partial charge in [-0.2, -0.15) is 9.97 Å². The number of nitrogens with two attached hydrogens (primary N) is 1. The average Bonchev–Trinajstić information content (AvgIpc) is 2.96. The molecule has 4 N–H and O–H groups in total. The molecule has 138 valence electrons. The number of hydrogen-bond acceptors (Lipinski definition) is 6. The van der Waals surface area contributed by atoms with Gasteiger partial charge in [0.05, 0.1) is 12.0 Å². The van der Waals surface area contributed by atoms with Crippen LogP contribution >= 0.6 is 11.6 Å². The largest absolute Gasteiger partial charge is 0.364 e. The van der Waals surface area contributed by atoms with Crippen molar-refractivity contribution in [2.75, 3.05) is 10.6 Å². The van der Waals surface area contributed by atoms with Gasteiger partial charge in [0.15, 0.2) is 17.0 Å². The minimum absolute atomic E-state index is 0.234. The number of imidazole rings is 1. The van der Waals surface area contributed by atoms with Gasteiger partial charge in [0.25, 0.3) is 0 Å². The zero-order chi connectivity index (χ0) is 18.9. The summed E-state index contributed by atoms with van der Waals surface area (Å²) in [4.78, 5) is 13.7. The number of aromatic nitrogens is 4. The molecule has 3 aromatic rings. The normalized spacial score (nSPS) is 12.0. The topological polar surface area (TPSA) is 93.7 Å². The first kappa shape index (κ1) is 18.4. The molecular formula is C18H24ClN7. The molecule has 0 aliphatic rings. The van der Waals surface area contributed by atoms with Crippen LogP contribution in [-0.2, 0) is 6.54 Å². The zero-order valence-corrected chi connectivity index (χ0v) is 16.2. The van der Waals surface area contributed by atoms with Gasteiger partial charge >= 0.3 is 0 Å². The number of hydrogen-bond donors (Lipinski definition) is 3. The molecule has 0 radical (unpaired) electrons. The van der Waals surface area contributed by atoms with Crippen LogP contribution in [0.5, 0.6) is 0 Å². The molecule has 3 rings (SSSR count). The Bertz CT molecular complexity index is 894. The van der Waals surface area contributed by atoms with E-state index in [9.17, 15) is 0 Å². The number of rotatable bonds is 6. The Morgan fingerprint density at radius 1 is 1.19 bits per heavy atom. The summed E-state index contributed by atoms with van der Waals surface area (Å²) in [5.41, 5.74) is 8.02. The Morgan fingerprint density at radius 2 is 1.88 bits per heavy atom. The lowest BCUT2D eigenvalue weighted by atomic mass is 10.2. The summed E-state index contributed by atoms with van der Waals surface area (Å²) in [6.45, 7) is 8.50. The Kier molecular flexibility index (Phi) is 5.02. The zero-order valence-electron chi connectivity index (χ0n) is 15.4. The smallest absolute Gasteiger partial charge is 0.228 e. The fourth-order valence-corrected chi connectivity index (χ4v) is 2.68. The third-order valence-corrected chi connectivity index (χ3v) is 4.04. The number of fused-ring (bicyclic) bond motifs is 1. The molecular weight excluding hydrogens is 350 g/mol. The van der Waals surface area contributed by atoms with Crippen molar-refractivity contribution in [3.8, 4) is 0 Å². The van der Waals surface area contributed by atoms with Gasteiger partial charge in [-0.15, -0.1) is 0 Å². The SMILES string of the molecule is CC(C)n1cnc2c(NCc3ccc(Cl)cc3)nc(NC(C)(C)N)nc21. The van der Waals surface area contributed by atoms with E-state index in [1.54, 1.807) is 6.33 Å². The molecule has 8 heteroatoms. The summed E-state index contributed by atoms with van der Waals surface area (Å²) in [5.74, 6) is 1.13. The Morgan fingerprint density at radius 3 is 2.50 bits per heavy atom. The highest BCUT2D eigenvalue weighted by Gasteiger charge is 2.18. The molecule has 0 bridgehead atoms. The first-order valence-electron chi connectivity index (χ1n) is 8.53. The maximum absolute atomic E-state index is 6.07. The number of halogens is 1. The van der Waals surface area contributed by atoms with Crippen LogP contribution in [0.3, 0.4) is 0 Å². The van der Waals surface area contributed by atoms with Crippen LogP contribution in [0.15, 0.2) is 30.6 Å². The van der Waals surface area contributed by atoms with Crippen molar-refractivity contribution in [1.82, 2.24) is 19.5 Å². The van der Waals surface area contributed by atoms with E-state index in [4.69, 9.17) is 17.3 Å². The third kappa shape index (κ3) is 4.23. The van der Waals surface area contributed by atoms with Gasteiger partial charge in [-0.25, -0.2) is 4.98 Å². The fourth-order valence-electron chi connectivity index (χ4n) is 2.55. The van der Waals surface area contributed by atoms with Crippen LogP contribution in [0.1, 0.15) is 39.3 Å². The van der Waals surface area contributed by atoms with Crippen molar-refractivity contribution in [3.05, 3.63) is 41.2 Å². The van der Waals surface area contributed by atoms with E-state index in [0.717, 1.165) is 16.7 Å². The quantitative estimate of drug-likeness (QED) is 0.569. The molecule has 2 aromatic heterocycles. The van der Waals surface area contributed by atoms with Gasteiger partial charge < -0.3 is 20.9 Å². The number of benzene rings is 1. The molecule has 0 saturated carbocycles. The monoisotopic (exact) mass is 373 g/mol. The lowest BCUT2D eigenvalue weighted by Gasteiger charge is -2.21. The van der Waals surface area contributed by atoms with Crippen molar-refractivity contribution in [2.45, 2.75) is 45.9 Å². The van der Waals surface area contributed by atoms with Crippen LogP contribution in [0.4, 0.5) is 11.8 Å². The van der Waals surface area contributed by atoms with Gasteiger partial charge in [0, 0.05) is 17.6 Å². The molecule has 0 saturated heterocycles. The summed E-state index contributed by atoms with van der Waals surface area (Å²) >= 11 is 5.95. The molecule has 2 heterocycles. The van der Waals surface area contributed by atoms with Crippen LogP contribution in [0.25, 0.3) is 11.2 Å². The highest BCUT2D eigenvalue weighted by Crippen LogP contribution is 2.24. The lowest BCUT2D eigenvalue weighted by Crippen LogP contribution is -2.41. The van der Waals surface area contributed by atoms with E-state index >= 15 is 0 Å². The highest BCUT2D eigenvalue weighted by atomic mass is 35.5. The molecule has 0 atom stereocenters. The second kappa shape index (κ2) is 7.09. The molecule has 26 heavy (non-hydrogen) atoms. The lowest BCUT2D eigenvalue weighted by molar-refractivity contribution is 0.589. The Labute approximate surface area is 158 Å². The predicted octanol–water partition coefficient (Wildman–Crippen LogP) is 3.78. The van der Waals surface area contributed by atoms with Gasteiger partial charge in [-0.05, 0) is 45.4 Å². The third-order valence-electron chi connectivity index (χ3n) is 3.78. The van der Waals surface area contributed by atoms with Crippen LogP contribution < -0.4 is 16.4 Å². The highest BCUT2D eigenvalue weighted by molar-refractivity contribution is 6.30. The Balaban J connectivity index is 1.97. The average molecular weight is 374 g/mol. The molecule has 0 aliphatic heterocycles. The van der Waals surface area contributed by atoms with E-state index < -0.39 is 5.66 Å². The molecule has 0 aliphatic carbocycles. The van der Waals surface area contributed by atoms with Gasteiger partial charge in [-0.3, -0.25) is 0 Å². The van der Waals surface area contributed by atoms with Crippen LogP contribution in [0.2, 0.25) is 5.02 Å². The van der Waals surface area contributed by atoms with E-state index in [0.29, 0.717) is 23.3 Å². The standard InChI is InChI=1S/C18H24ClN7/c1-11(2)26-10-22-14-15(21-9-12-5-7-13(19)8-6-12)23-17(24-16(14)26)25-18(3,4)20/h5-8,10-11H,9,20H2,1-4H3,(H2,21,23,24,25). The van der Waals surface area contributed by atoms with Crippen molar-refractivity contribution in [2.24, 2.45) is 5.73 Å². The van der Waals surface area contributed by atoms with E-state index in [1.165, 1.54) is 0 Å². The molecule has 0 amide bonds. The first-order valence-corrected chi connectivity index (χ1v) is 8.91. The predicted molar refractivity (Wildman–Crippen MR) is 106 cm³/mol. The molecule has 7 nitrogen and oxygen atoms in total. The fraction of sp³-hybridized carbons (Fsp3) is 0.389. The summed E-state index contributed by atoms with van der Waals surface area (Å²) in [6.07, 6.45) is 1.79. The molecule has 0 unspecified atom stereocenters. The van der Waals surface area contributed by atoms with Crippen LogP contribution in [-0.4, -0.2) is 25.2 Å². The van der Waals surface area contributed by atoms with E-state index in [1.807, 2.05) is 42.7 Å². The second-order valence-corrected chi connectivity index (χ2v) is 7.58. The van der Waals surface area contributed by atoms with E-state index in [2.05, 4.69) is 39.4 Å². The maximum Gasteiger partial charge on any atom is 0.228 e. The van der Waals surface area contributed by atoms with Crippen molar-refractivity contribution >= 4 is 34.5 Å². The van der Waals surface area contributed by atoms with E-state index in [-0.39, 0.29) is 6.04 Å². The minimum Gasteiger partial charge on any atom is -0.364 e. The molecule has 0 spiro atoms. The van der Waals surface area contributed by atoms with Gasteiger partial charge in [0.1, 0.15) is 0 Å². The maximum atomic E-state index is 6.07. The Hall–Kier alpha value is -2.38. The van der Waals surface area contributed by atoms with Crippen molar-refractivity contribution in [1.29, 1.82) is 0 Å². The summed E-state index contributed by atoms with van der Waals surface area (Å²) < 4.78 is 2.01. The first-order chi connectivity index (χ1) is 12.2. The second-order valence-electron chi connectivity index (χ2n) is 7.14.